The van der Waals surface area contributed by atoms with Crippen LogP contribution in [0, 0.1) is 20.8 Å². The summed E-state index contributed by atoms with van der Waals surface area (Å²) in [6, 6.07) is 13.3. The van der Waals surface area contributed by atoms with E-state index in [1.165, 1.54) is 54.6 Å². The number of fused-ring (bicyclic) bond motifs is 2. The molecule has 0 bridgehead atoms. The number of benzene rings is 4. The van der Waals surface area contributed by atoms with Gasteiger partial charge < -0.3 is 0 Å². The maximum absolute atomic E-state index is 4.44. The highest BCUT2D eigenvalue weighted by Gasteiger charge is 2.14. The van der Waals surface area contributed by atoms with E-state index in [0.29, 0.717) is 0 Å². The molecule has 0 N–H and O–H groups in total. The van der Waals surface area contributed by atoms with E-state index >= 15 is 0 Å². The lowest BCUT2D eigenvalue weighted by molar-refractivity contribution is 1.35. The topological polar surface area (TPSA) is 0 Å². The molecule has 0 saturated heterocycles. The maximum Gasteiger partial charge on any atom is -0.00239 e. The summed E-state index contributed by atoms with van der Waals surface area (Å²) in [6.45, 7) is 15.0. The second-order valence-electron chi connectivity index (χ2n) is 6.50. The number of hydrogen-bond acceptors (Lipinski definition) is 0. The van der Waals surface area contributed by atoms with Gasteiger partial charge in [0, 0.05) is 0 Å². The van der Waals surface area contributed by atoms with Crippen LogP contribution < -0.4 is 5.22 Å². The molecule has 4 aromatic carbocycles. The van der Waals surface area contributed by atoms with Gasteiger partial charge in [-0.3, -0.25) is 0 Å². The molecule has 0 aliphatic rings. The molecule has 0 spiro atoms. The van der Waals surface area contributed by atoms with E-state index in [1.807, 2.05) is 6.08 Å². The van der Waals surface area contributed by atoms with Crippen LogP contribution in [0.1, 0.15) is 29.7 Å². The van der Waals surface area contributed by atoms with Crippen molar-refractivity contribution in [1.29, 1.82) is 0 Å². The van der Waals surface area contributed by atoms with Crippen molar-refractivity contribution in [3.63, 3.8) is 0 Å². The number of rotatable bonds is 1. The molecular weight excluding hydrogens is 288 g/mol. The zero-order valence-corrected chi connectivity index (χ0v) is 14.0. The van der Waals surface area contributed by atoms with Crippen LogP contribution >= 0.6 is 0 Å². The van der Waals surface area contributed by atoms with Crippen LogP contribution in [0.4, 0.5) is 0 Å². The molecule has 0 saturated carbocycles. The molecule has 0 aliphatic carbocycles. The van der Waals surface area contributed by atoms with Gasteiger partial charge in [-0.05, 0) is 80.6 Å². The van der Waals surface area contributed by atoms with Crippen LogP contribution in [-0.2, 0) is 0 Å². The van der Waals surface area contributed by atoms with Gasteiger partial charge in [-0.25, -0.2) is 0 Å². The van der Waals surface area contributed by atoms with E-state index in [-0.39, 0.29) is 7.43 Å². The van der Waals surface area contributed by atoms with E-state index in [9.17, 15) is 0 Å². The Labute approximate surface area is 144 Å². The zero-order chi connectivity index (χ0) is 16.3. The second-order valence-corrected chi connectivity index (χ2v) is 6.50. The highest BCUT2D eigenvalue weighted by Crippen LogP contribution is 2.35. The van der Waals surface area contributed by atoms with Crippen LogP contribution in [0.2, 0.25) is 0 Å². The molecular formula is C24H24. The molecule has 0 aromatic heterocycles. The maximum atomic E-state index is 4.44. The quantitative estimate of drug-likeness (QED) is 0.279. The van der Waals surface area contributed by atoms with Gasteiger partial charge >= 0.3 is 0 Å². The highest BCUT2D eigenvalue weighted by molar-refractivity contribution is 6.23. The Morgan fingerprint density at radius 3 is 2.21 bits per heavy atom. The summed E-state index contributed by atoms with van der Waals surface area (Å²) in [6.07, 6.45) is 1.98. The van der Waals surface area contributed by atoms with Crippen molar-refractivity contribution in [1.82, 2.24) is 0 Å². The van der Waals surface area contributed by atoms with Crippen LogP contribution in [0.25, 0.3) is 45.0 Å². The fourth-order valence-corrected chi connectivity index (χ4v) is 3.90. The average molecular weight is 312 g/mol. The van der Waals surface area contributed by atoms with Crippen molar-refractivity contribution in [2.24, 2.45) is 0 Å². The van der Waals surface area contributed by atoms with Gasteiger partial charge in [-0.15, -0.1) is 0 Å². The molecule has 0 nitrogen and oxygen atoms in total. The first-order chi connectivity index (χ1) is 11.0. The molecule has 0 heterocycles. The summed E-state index contributed by atoms with van der Waals surface area (Å²) >= 11 is 0. The highest BCUT2D eigenvalue weighted by atomic mass is 14.2. The Bertz CT molecular complexity index is 1160. The summed E-state index contributed by atoms with van der Waals surface area (Å²) in [5, 5.41) is 8.87. The van der Waals surface area contributed by atoms with E-state index in [2.05, 4.69) is 70.3 Å². The molecule has 0 aliphatic heterocycles. The van der Waals surface area contributed by atoms with Crippen LogP contribution in [0.5, 0.6) is 0 Å². The van der Waals surface area contributed by atoms with Gasteiger partial charge in [0.25, 0.3) is 0 Å². The standard InChI is InChI=1S/C23H20.CH4/c1-6-17-15(4)14(3)12-21-20-9-7-8-18-13(2)10-11-19(23(18)20)16(5)22(17)21;/h6-12H,1,5H2,2-4H3;1H4. The van der Waals surface area contributed by atoms with Crippen molar-refractivity contribution in [2.75, 3.05) is 0 Å². The second kappa shape index (κ2) is 5.49. The van der Waals surface area contributed by atoms with Gasteiger partial charge in [0.2, 0.25) is 0 Å². The predicted octanol–water partition coefficient (Wildman–Crippen LogP) is 6.48. The molecule has 0 radical (unpaired) electrons. The van der Waals surface area contributed by atoms with Crippen LogP contribution in [0.15, 0.2) is 43.0 Å². The SMILES string of the molecule is C.C=Cc1c(C)c(C)cc2c1c(=C)c1ccc(C)c3cccc2c31. The molecule has 4 aromatic rings. The summed E-state index contributed by atoms with van der Waals surface area (Å²) in [7, 11) is 0. The molecule has 0 atom stereocenters. The van der Waals surface area contributed by atoms with Crippen molar-refractivity contribution in [3.05, 3.63) is 70.4 Å². The monoisotopic (exact) mass is 312 g/mol. The number of aryl methyl sites for hydroxylation is 2. The minimum Gasteiger partial charge on any atom is -0.0984 e. The van der Waals surface area contributed by atoms with Crippen molar-refractivity contribution >= 4 is 45.0 Å². The molecule has 0 fully saturated rings. The first-order valence-corrected chi connectivity index (χ1v) is 8.03. The summed E-state index contributed by atoms with van der Waals surface area (Å²) in [5.74, 6) is 0. The predicted molar refractivity (Wildman–Crippen MR) is 111 cm³/mol. The molecule has 0 amide bonds. The minimum atomic E-state index is 0. The Hall–Kier alpha value is -2.60. The molecule has 4 rings (SSSR count). The first kappa shape index (κ1) is 16.3. The normalized spacial score (nSPS) is 11.1. The van der Waals surface area contributed by atoms with Gasteiger partial charge in [0.1, 0.15) is 0 Å². The third kappa shape index (κ3) is 1.93. The lowest BCUT2D eigenvalue weighted by atomic mass is 9.87. The fraction of sp³-hybridized carbons (Fsp3) is 0.167. The Kier molecular flexibility index (Phi) is 3.72. The zero-order valence-electron chi connectivity index (χ0n) is 14.0. The van der Waals surface area contributed by atoms with Crippen molar-refractivity contribution < 1.29 is 0 Å². The average Bonchev–Trinajstić information content (AvgIpc) is 2.55. The van der Waals surface area contributed by atoms with E-state index in [1.54, 1.807) is 0 Å². The van der Waals surface area contributed by atoms with Gasteiger partial charge in [0.05, 0.1) is 0 Å². The van der Waals surface area contributed by atoms with E-state index in [0.717, 1.165) is 5.22 Å². The Morgan fingerprint density at radius 2 is 1.50 bits per heavy atom. The van der Waals surface area contributed by atoms with Gasteiger partial charge in [0.15, 0.2) is 0 Å². The Morgan fingerprint density at radius 1 is 0.792 bits per heavy atom. The van der Waals surface area contributed by atoms with Gasteiger partial charge in [-0.1, -0.05) is 63.1 Å². The van der Waals surface area contributed by atoms with Crippen molar-refractivity contribution in [2.45, 2.75) is 28.2 Å². The molecule has 0 heteroatoms. The van der Waals surface area contributed by atoms with Gasteiger partial charge in [-0.2, -0.15) is 0 Å². The molecule has 24 heavy (non-hydrogen) atoms. The van der Waals surface area contributed by atoms with Crippen LogP contribution in [0.3, 0.4) is 0 Å². The fourth-order valence-electron chi connectivity index (χ4n) is 3.90. The smallest absolute Gasteiger partial charge is 0.00239 e. The number of hydrogen-bond donors (Lipinski definition) is 0. The third-order valence-electron chi connectivity index (χ3n) is 5.27. The molecule has 120 valence electrons. The largest absolute Gasteiger partial charge is 0.0984 e. The minimum absolute atomic E-state index is 0. The van der Waals surface area contributed by atoms with E-state index in [4.69, 9.17) is 0 Å². The lowest BCUT2D eigenvalue weighted by Gasteiger charge is -2.16. The van der Waals surface area contributed by atoms with E-state index < -0.39 is 0 Å². The lowest BCUT2D eigenvalue weighted by Crippen LogP contribution is -2.07. The summed E-state index contributed by atoms with van der Waals surface area (Å²) < 4.78 is 0. The Balaban J connectivity index is 0.00000169. The summed E-state index contributed by atoms with van der Waals surface area (Å²) in [4.78, 5) is 0. The van der Waals surface area contributed by atoms with Crippen molar-refractivity contribution in [3.8, 4) is 0 Å². The first-order valence-electron chi connectivity index (χ1n) is 8.03. The summed E-state index contributed by atoms with van der Waals surface area (Å²) in [5.41, 5.74) is 5.13. The van der Waals surface area contributed by atoms with Crippen LogP contribution in [-0.4, -0.2) is 0 Å². The molecule has 0 unspecified atom stereocenters. The third-order valence-corrected chi connectivity index (χ3v) is 5.27.